The topological polar surface area (TPSA) is 179 Å². The van der Waals surface area contributed by atoms with Gasteiger partial charge in [-0.1, -0.05) is 0 Å². The summed E-state index contributed by atoms with van der Waals surface area (Å²) in [5, 5.41) is 55.3. The maximum Gasteiger partial charge on any atom is 0.325 e. The second-order valence-electron chi connectivity index (χ2n) is 4.32. The molecule has 0 saturated carbocycles. The number of hydrogen-bond donors (Lipinski definition) is 8. The van der Waals surface area contributed by atoms with Crippen molar-refractivity contribution >= 4 is 7.60 Å². The van der Waals surface area contributed by atoms with Crippen LogP contribution in [0.5, 0.6) is 0 Å². The second kappa shape index (κ2) is 8.25. The summed E-state index contributed by atoms with van der Waals surface area (Å²) >= 11 is 0. The lowest BCUT2D eigenvalue weighted by Gasteiger charge is -2.28. The summed E-state index contributed by atoms with van der Waals surface area (Å²) in [7, 11) is -4.19. The molecule has 116 valence electrons. The Hall–Kier alpha value is -0.0900. The van der Waals surface area contributed by atoms with Gasteiger partial charge in [-0.15, -0.1) is 0 Å². The van der Waals surface area contributed by atoms with Crippen LogP contribution in [0, 0.1) is 0 Å². The van der Waals surface area contributed by atoms with Crippen LogP contribution in [-0.4, -0.2) is 83.7 Å². The van der Waals surface area contributed by atoms with E-state index in [0.29, 0.717) is 0 Å². The Morgan fingerprint density at radius 3 is 1.74 bits per heavy atom. The minimum absolute atomic E-state index is 0.0894. The van der Waals surface area contributed by atoms with Crippen molar-refractivity contribution in [1.29, 1.82) is 0 Å². The van der Waals surface area contributed by atoms with Gasteiger partial charge in [-0.3, -0.25) is 4.57 Å². The number of rotatable bonds is 9. The van der Waals surface area contributed by atoms with Crippen molar-refractivity contribution in [1.82, 2.24) is 0 Å². The van der Waals surface area contributed by atoms with Gasteiger partial charge in [0, 0.05) is 6.16 Å². The zero-order valence-electron chi connectivity index (χ0n) is 10.1. The van der Waals surface area contributed by atoms with Gasteiger partial charge in [0.25, 0.3) is 0 Å². The van der Waals surface area contributed by atoms with Crippen LogP contribution < -0.4 is 0 Å². The van der Waals surface area contributed by atoms with Crippen LogP contribution in [-0.2, 0) is 4.57 Å². The molecule has 0 bridgehead atoms. The predicted molar refractivity (Wildman–Crippen MR) is 63.3 cm³/mol. The van der Waals surface area contributed by atoms with E-state index >= 15 is 0 Å². The maximum atomic E-state index is 10.6. The zero-order valence-corrected chi connectivity index (χ0v) is 11.0. The highest BCUT2D eigenvalue weighted by molar-refractivity contribution is 7.51. The maximum absolute atomic E-state index is 10.6. The van der Waals surface area contributed by atoms with Crippen molar-refractivity contribution in [3.8, 4) is 0 Å². The van der Waals surface area contributed by atoms with E-state index in [1.807, 2.05) is 0 Å². The van der Waals surface area contributed by atoms with Crippen molar-refractivity contribution in [2.45, 2.75) is 43.4 Å². The summed E-state index contributed by atoms with van der Waals surface area (Å²) in [4.78, 5) is 17.2. The van der Waals surface area contributed by atoms with Gasteiger partial charge in [0.05, 0.1) is 12.7 Å². The molecule has 0 fully saturated rings. The highest BCUT2D eigenvalue weighted by Crippen LogP contribution is 2.35. The monoisotopic (exact) mass is 304 g/mol. The summed E-state index contributed by atoms with van der Waals surface area (Å²) in [6.07, 6.45) is -9.53. The fourth-order valence-electron chi connectivity index (χ4n) is 1.44. The quantitative estimate of drug-likeness (QED) is 0.203. The van der Waals surface area contributed by atoms with Gasteiger partial charge in [0.2, 0.25) is 0 Å². The molecule has 0 aromatic rings. The minimum Gasteiger partial charge on any atom is -0.394 e. The Kier molecular flexibility index (Phi) is 8.21. The van der Waals surface area contributed by atoms with Gasteiger partial charge >= 0.3 is 7.60 Å². The summed E-state index contributed by atoms with van der Waals surface area (Å²) in [5.41, 5.74) is 0. The first-order chi connectivity index (χ1) is 8.60. The normalized spacial score (nSPS) is 20.6. The molecule has 10 heteroatoms. The molecule has 0 aliphatic rings. The van der Waals surface area contributed by atoms with Gasteiger partial charge in [0.1, 0.15) is 24.4 Å². The molecule has 0 aromatic carbocycles. The van der Waals surface area contributed by atoms with Crippen LogP contribution in [0.25, 0.3) is 0 Å². The van der Waals surface area contributed by atoms with Crippen LogP contribution in [0.3, 0.4) is 0 Å². The van der Waals surface area contributed by atoms with E-state index in [2.05, 4.69) is 0 Å². The van der Waals surface area contributed by atoms with Crippen molar-refractivity contribution in [2.24, 2.45) is 0 Å². The van der Waals surface area contributed by atoms with Gasteiger partial charge in [-0.2, -0.15) is 0 Å². The van der Waals surface area contributed by atoms with Crippen LogP contribution in [0.1, 0.15) is 12.8 Å². The highest BCUT2D eigenvalue weighted by Gasteiger charge is 2.33. The first-order valence-electron chi connectivity index (χ1n) is 5.66. The van der Waals surface area contributed by atoms with E-state index in [1.54, 1.807) is 0 Å². The molecule has 8 N–H and O–H groups in total. The van der Waals surface area contributed by atoms with Gasteiger partial charge in [0.15, 0.2) is 0 Å². The van der Waals surface area contributed by atoms with E-state index in [0.717, 1.165) is 0 Å². The van der Waals surface area contributed by atoms with Crippen molar-refractivity contribution < 1.29 is 45.0 Å². The predicted octanol–water partition coefficient (Wildman–Crippen LogP) is -3.26. The SMILES string of the molecule is O=P(O)(O)CCCC(O)[C@H](O)[C@@H](O)[C@H](O)[C@H](O)CO. The first-order valence-corrected chi connectivity index (χ1v) is 7.45. The molecular weight excluding hydrogens is 283 g/mol. The van der Waals surface area contributed by atoms with E-state index in [1.165, 1.54) is 0 Å². The van der Waals surface area contributed by atoms with Crippen LogP contribution in [0.2, 0.25) is 0 Å². The smallest absolute Gasteiger partial charge is 0.325 e. The van der Waals surface area contributed by atoms with Crippen molar-refractivity contribution in [3.63, 3.8) is 0 Å². The lowest BCUT2D eigenvalue weighted by molar-refractivity contribution is -0.141. The standard InChI is InChI=1S/C9H21O9P/c10-4-6(12)8(14)9(15)7(13)5(11)2-1-3-19(16,17)18/h5-15H,1-4H2,(H2,16,17,18)/t5?,6-,7+,8-,9-/m1/s1. The lowest BCUT2D eigenvalue weighted by atomic mass is 9.97. The van der Waals surface area contributed by atoms with E-state index < -0.39 is 50.9 Å². The third-order valence-electron chi connectivity index (χ3n) is 2.62. The number of hydrogen-bond acceptors (Lipinski definition) is 7. The Morgan fingerprint density at radius 2 is 1.32 bits per heavy atom. The molecule has 1 unspecified atom stereocenters. The van der Waals surface area contributed by atoms with Gasteiger partial charge in [-0.25, -0.2) is 0 Å². The van der Waals surface area contributed by atoms with Crippen molar-refractivity contribution in [3.05, 3.63) is 0 Å². The van der Waals surface area contributed by atoms with Crippen molar-refractivity contribution in [2.75, 3.05) is 12.8 Å². The molecule has 0 aliphatic carbocycles. The third kappa shape index (κ3) is 7.31. The average Bonchev–Trinajstić information content (AvgIpc) is 2.33. The molecule has 19 heavy (non-hydrogen) atoms. The van der Waals surface area contributed by atoms with E-state index in [4.69, 9.17) is 20.0 Å². The molecule has 0 spiro atoms. The Balaban J connectivity index is 4.24. The fraction of sp³-hybridized carbons (Fsp3) is 1.00. The summed E-state index contributed by atoms with van der Waals surface area (Å²) in [5.74, 6) is 0. The van der Waals surface area contributed by atoms with Crippen LogP contribution >= 0.6 is 7.60 Å². The highest BCUT2D eigenvalue weighted by atomic mass is 31.2. The van der Waals surface area contributed by atoms with E-state index in [-0.39, 0.29) is 12.8 Å². The lowest BCUT2D eigenvalue weighted by Crippen LogP contribution is -2.50. The molecule has 0 radical (unpaired) electrons. The molecule has 9 nitrogen and oxygen atoms in total. The molecule has 0 rings (SSSR count). The van der Waals surface area contributed by atoms with Crippen LogP contribution in [0.15, 0.2) is 0 Å². The summed E-state index contributed by atoms with van der Waals surface area (Å²) in [6.45, 7) is -0.834. The molecule has 0 aromatic heterocycles. The molecule has 0 saturated heterocycles. The molecule has 5 atom stereocenters. The van der Waals surface area contributed by atoms with Gasteiger partial charge < -0.3 is 40.4 Å². The molecule has 0 aliphatic heterocycles. The molecule has 0 heterocycles. The van der Waals surface area contributed by atoms with Crippen LogP contribution in [0.4, 0.5) is 0 Å². The average molecular weight is 304 g/mol. The summed E-state index contributed by atoms with van der Waals surface area (Å²) < 4.78 is 10.6. The fourth-order valence-corrected chi connectivity index (χ4v) is 2.04. The number of aliphatic hydroxyl groups is 6. The molecular formula is C9H21O9P. The summed E-state index contributed by atoms with van der Waals surface area (Å²) in [6, 6.07) is 0. The van der Waals surface area contributed by atoms with Gasteiger partial charge in [-0.05, 0) is 12.8 Å². The largest absolute Gasteiger partial charge is 0.394 e. The Morgan fingerprint density at radius 1 is 0.842 bits per heavy atom. The second-order valence-corrected chi connectivity index (χ2v) is 6.10. The number of aliphatic hydroxyl groups excluding tert-OH is 6. The van der Waals surface area contributed by atoms with E-state index in [9.17, 15) is 25.0 Å². The Bertz CT molecular complexity index is 293. The zero-order chi connectivity index (χ0) is 15.2. The minimum atomic E-state index is -4.19. The third-order valence-corrected chi connectivity index (χ3v) is 3.52. The first kappa shape index (κ1) is 18.9. The molecule has 0 amide bonds. The Labute approximate surface area is 109 Å².